The summed E-state index contributed by atoms with van der Waals surface area (Å²) in [4.78, 5) is 12.4. The van der Waals surface area contributed by atoms with Gasteiger partial charge in [0.25, 0.3) is 0 Å². The molecule has 0 unspecified atom stereocenters. The number of rotatable bonds is 4. The molecule has 2 rings (SSSR count). The second-order valence-electron chi connectivity index (χ2n) is 5.56. The van der Waals surface area contributed by atoms with Gasteiger partial charge in [0.2, 0.25) is 0 Å². The lowest BCUT2D eigenvalue weighted by Gasteiger charge is -2.25. The van der Waals surface area contributed by atoms with Gasteiger partial charge in [0.05, 0.1) is 7.11 Å². The standard InChI is InChI=1S/C16H21BrO2/c1-11-3-5-12(6-4-11)16(18)10-13-9-14(19-2)7-8-15(13)17/h7-9,11-12H,3-6,10H2,1-2H3. The Morgan fingerprint density at radius 3 is 2.63 bits per heavy atom. The van der Waals surface area contributed by atoms with Crippen LogP contribution in [0, 0.1) is 11.8 Å². The smallest absolute Gasteiger partial charge is 0.140 e. The Hall–Kier alpha value is -0.830. The lowest BCUT2D eigenvalue weighted by Crippen LogP contribution is -2.22. The predicted molar refractivity (Wildman–Crippen MR) is 80.5 cm³/mol. The Morgan fingerprint density at radius 1 is 1.32 bits per heavy atom. The first-order chi connectivity index (χ1) is 9.10. The molecular formula is C16H21BrO2. The molecule has 0 spiro atoms. The zero-order valence-corrected chi connectivity index (χ0v) is 13.2. The molecule has 0 aromatic heterocycles. The third-order valence-electron chi connectivity index (χ3n) is 4.09. The highest BCUT2D eigenvalue weighted by Gasteiger charge is 2.24. The van der Waals surface area contributed by atoms with E-state index in [0.717, 1.165) is 34.5 Å². The van der Waals surface area contributed by atoms with E-state index in [9.17, 15) is 4.79 Å². The van der Waals surface area contributed by atoms with Crippen LogP contribution in [-0.2, 0) is 11.2 Å². The van der Waals surface area contributed by atoms with E-state index in [-0.39, 0.29) is 5.92 Å². The number of benzene rings is 1. The molecule has 3 heteroatoms. The van der Waals surface area contributed by atoms with E-state index >= 15 is 0 Å². The molecule has 1 aromatic rings. The molecule has 104 valence electrons. The zero-order valence-electron chi connectivity index (χ0n) is 11.6. The second kappa shape index (κ2) is 6.56. The van der Waals surface area contributed by atoms with Crippen LogP contribution < -0.4 is 4.74 Å². The van der Waals surface area contributed by atoms with E-state index in [2.05, 4.69) is 22.9 Å². The molecule has 0 atom stereocenters. The number of ketones is 1. The summed E-state index contributed by atoms with van der Waals surface area (Å²) < 4.78 is 6.21. The Balaban J connectivity index is 2.02. The van der Waals surface area contributed by atoms with Gasteiger partial charge in [-0.25, -0.2) is 0 Å². The van der Waals surface area contributed by atoms with Crippen LogP contribution in [0.3, 0.4) is 0 Å². The average Bonchev–Trinajstić information content (AvgIpc) is 2.42. The fourth-order valence-corrected chi connectivity index (χ4v) is 3.11. The Bertz CT molecular complexity index is 448. The van der Waals surface area contributed by atoms with E-state index < -0.39 is 0 Å². The fraction of sp³-hybridized carbons (Fsp3) is 0.562. The molecule has 1 fully saturated rings. The van der Waals surface area contributed by atoms with Gasteiger partial charge in [-0.05, 0) is 42.5 Å². The number of carbonyl (C=O) groups excluding carboxylic acids is 1. The number of ether oxygens (including phenoxy) is 1. The van der Waals surface area contributed by atoms with Crippen LogP contribution >= 0.6 is 15.9 Å². The molecule has 0 N–H and O–H groups in total. The normalized spacial score (nSPS) is 23.1. The topological polar surface area (TPSA) is 26.3 Å². The maximum atomic E-state index is 12.4. The molecule has 0 amide bonds. The van der Waals surface area contributed by atoms with Crippen LogP contribution in [0.1, 0.15) is 38.2 Å². The van der Waals surface area contributed by atoms with Crippen LogP contribution in [0.2, 0.25) is 0 Å². The molecule has 0 saturated heterocycles. The predicted octanol–water partition coefficient (Wildman–Crippen LogP) is 4.40. The maximum absolute atomic E-state index is 12.4. The fourth-order valence-electron chi connectivity index (χ4n) is 2.73. The van der Waals surface area contributed by atoms with Crippen LogP contribution in [0.4, 0.5) is 0 Å². The summed E-state index contributed by atoms with van der Waals surface area (Å²) in [7, 11) is 1.65. The van der Waals surface area contributed by atoms with Crippen molar-refractivity contribution in [1.82, 2.24) is 0 Å². The summed E-state index contributed by atoms with van der Waals surface area (Å²) in [5.41, 5.74) is 1.03. The van der Waals surface area contributed by atoms with Gasteiger partial charge in [0.15, 0.2) is 0 Å². The first-order valence-corrected chi connectivity index (χ1v) is 7.74. The minimum absolute atomic E-state index is 0.259. The van der Waals surface area contributed by atoms with Gasteiger partial charge in [-0.1, -0.05) is 35.7 Å². The molecule has 0 radical (unpaired) electrons. The zero-order chi connectivity index (χ0) is 13.8. The molecule has 0 heterocycles. The molecule has 2 nitrogen and oxygen atoms in total. The number of hydrogen-bond donors (Lipinski definition) is 0. The number of methoxy groups -OCH3 is 1. The molecule has 0 aliphatic heterocycles. The Kier molecular flexibility index (Phi) is 5.03. The van der Waals surface area contributed by atoms with E-state index in [4.69, 9.17) is 4.74 Å². The summed E-state index contributed by atoms with van der Waals surface area (Å²) in [6.07, 6.45) is 5.01. The minimum atomic E-state index is 0.259. The van der Waals surface area contributed by atoms with Gasteiger partial charge in [0.1, 0.15) is 11.5 Å². The van der Waals surface area contributed by atoms with Crippen LogP contribution in [0.5, 0.6) is 5.75 Å². The average molecular weight is 325 g/mol. The molecule has 19 heavy (non-hydrogen) atoms. The lowest BCUT2D eigenvalue weighted by atomic mass is 9.80. The number of hydrogen-bond acceptors (Lipinski definition) is 2. The van der Waals surface area contributed by atoms with Gasteiger partial charge in [-0.15, -0.1) is 0 Å². The highest BCUT2D eigenvalue weighted by Crippen LogP contribution is 2.31. The quantitative estimate of drug-likeness (QED) is 0.820. The van der Waals surface area contributed by atoms with Crippen LogP contribution in [0.15, 0.2) is 22.7 Å². The third-order valence-corrected chi connectivity index (χ3v) is 4.86. The monoisotopic (exact) mass is 324 g/mol. The molecule has 0 bridgehead atoms. The van der Waals surface area contributed by atoms with Gasteiger partial charge >= 0.3 is 0 Å². The van der Waals surface area contributed by atoms with E-state index in [1.54, 1.807) is 7.11 Å². The highest BCUT2D eigenvalue weighted by molar-refractivity contribution is 9.10. The number of halogens is 1. The van der Waals surface area contributed by atoms with Crippen molar-refractivity contribution in [3.05, 3.63) is 28.2 Å². The van der Waals surface area contributed by atoms with Crippen molar-refractivity contribution in [3.8, 4) is 5.75 Å². The largest absolute Gasteiger partial charge is 0.497 e. The minimum Gasteiger partial charge on any atom is -0.497 e. The van der Waals surface area contributed by atoms with Crippen molar-refractivity contribution in [2.24, 2.45) is 11.8 Å². The summed E-state index contributed by atoms with van der Waals surface area (Å²) >= 11 is 3.51. The summed E-state index contributed by atoms with van der Waals surface area (Å²) in [5, 5.41) is 0. The van der Waals surface area contributed by atoms with E-state index in [0.29, 0.717) is 12.2 Å². The van der Waals surface area contributed by atoms with Gasteiger partial charge < -0.3 is 4.74 Å². The van der Waals surface area contributed by atoms with Crippen LogP contribution in [-0.4, -0.2) is 12.9 Å². The summed E-state index contributed by atoms with van der Waals surface area (Å²) in [5.74, 6) is 2.23. The van der Waals surface area contributed by atoms with E-state index in [1.807, 2.05) is 18.2 Å². The van der Waals surface area contributed by atoms with Crippen molar-refractivity contribution >= 4 is 21.7 Å². The van der Waals surface area contributed by atoms with Crippen molar-refractivity contribution in [2.45, 2.75) is 39.0 Å². The van der Waals surface area contributed by atoms with Crippen LogP contribution in [0.25, 0.3) is 0 Å². The summed E-state index contributed by atoms with van der Waals surface area (Å²) in [6.45, 7) is 2.28. The molecular weight excluding hydrogens is 304 g/mol. The third kappa shape index (κ3) is 3.82. The summed E-state index contributed by atoms with van der Waals surface area (Å²) in [6, 6.07) is 5.80. The van der Waals surface area contributed by atoms with Crippen molar-refractivity contribution in [1.29, 1.82) is 0 Å². The molecule has 1 aromatic carbocycles. The maximum Gasteiger partial charge on any atom is 0.140 e. The van der Waals surface area contributed by atoms with E-state index in [1.165, 1.54) is 12.8 Å². The first-order valence-electron chi connectivity index (χ1n) is 6.95. The SMILES string of the molecule is COc1ccc(Br)c(CC(=O)C2CCC(C)CC2)c1. The lowest BCUT2D eigenvalue weighted by molar-refractivity contribution is -0.123. The second-order valence-corrected chi connectivity index (χ2v) is 6.41. The first kappa shape index (κ1) is 14.6. The Morgan fingerprint density at radius 2 is 2.00 bits per heavy atom. The molecule has 1 aliphatic carbocycles. The number of Topliss-reactive ketones (excluding diaryl/α,β-unsaturated/α-hetero) is 1. The highest BCUT2D eigenvalue weighted by atomic mass is 79.9. The van der Waals surface area contributed by atoms with Gasteiger partial charge in [-0.2, -0.15) is 0 Å². The van der Waals surface area contributed by atoms with Crippen molar-refractivity contribution in [2.75, 3.05) is 7.11 Å². The number of carbonyl (C=O) groups is 1. The van der Waals surface area contributed by atoms with Crippen molar-refractivity contribution < 1.29 is 9.53 Å². The van der Waals surface area contributed by atoms with Gasteiger partial charge in [0, 0.05) is 16.8 Å². The van der Waals surface area contributed by atoms with Gasteiger partial charge in [-0.3, -0.25) is 4.79 Å². The Labute approximate surface area is 123 Å². The molecule has 1 saturated carbocycles. The van der Waals surface area contributed by atoms with Crippen molar-refractivity contribution in [3.63, 3.8) is 0 Å². The molecule has 1 aliphatic rings.